The molecule has 6 nitrogen and oxygen atoms in total. The molecule has 160 valence electrons. The van der Waals surface area contributed by atoms with Crippen LogP contribution in [0.15, 0.2) is 45.8 Å². The molecule has 1 amide bonds. The first-order valence-electron chi connectivity index (χ1n) is 9.94. The minimum absolute atomic E-state index is 0.0753. The van der Waals surface area contributed by atoms with Gasteiger partial charge in [0.05, 0.1) is 5.69 Å². The van der Waals surface area contributed by atoms with E-state index in [0.29, 0.717) is 55.7 Å². The molecule has 2 aliphatic heterocycles. The van der Waals surface area contributed by atoms with E-state index in [0.717, 1.165) is 11.3 Å². The van der Waals surface area contributed by atoms with E-state index in [-0.39, 0.29) is 16.6 Å². The second-order valence-corrected chi connectivity index (χ2v) is 10.3. The van der Waals surface area contributed by atoms with E-state index in [9.17, 15) is 17.6 Å². The summed E-state index contributed by atoms with van der Waals surface area (Å²) in [7, 11) is -3.77. The predicted octanol–water partition coefficient (Wildman–Crippen LogP) is 3.40. The molecule has 1 fully saturated rings. The molecule has 30 heavy (non-hydrogen) atoms. The van der Waals surface area contributed by atoms with Gasteiger partial charge in [-0.1, -0.05) is 22.9 Å². The van der Waals surface area contributed by atoms with Gasteiger partial charge in [-0.2, -0.15) is 4.31 Å². The summed E-state index contributed by atoms with van der Waals surface area (Å²) in [6.07, 6.45) is 0.965. The largest absolute Gasteiger partial charge is 0.369 e. The van der Waals surface area contributed by atoms with Gasteiger partial charge in [0, 0.05) is 49.3 Å². The number of carbonyl (C=O) groups excluding carboxylic acids is 1. The normalized spacial score (nSPS) is 17.3. The van der Waals surface area contributed by atoms with Gasteiger partial charge in [-0.15, -0.1) is 0 Å². The number of benzene rings is 2. The second-order valence-electron chi connectivity index (χ2n) is 7.43. The summed E-state index contributed by atoms with van der Waals surface area (Å²) >= 11 is 3.43. The summed E-state index contributed by atoms with van der Waals surface area (Å²) in [5, 5.41) is 0. The maximum absolute atomic E-state index is 13.5. The first-order valence-corrected chi connectivity index (χ1v) is 12.2. The number of anilines is 2. The third kappa shape index (κ3) is 3.86. The molecule has 2 heterocycles. The van der Waals surface area contributed by atoms with Crippen LogP contribution in [0.2, 0.25) is 0 Å². The lowest BCUT2D eigenvalue weighted by molar-refractivity contribution is -0.118. The van der Waals surface area contributed by atoms with Crippen molar-refractivity contribution in [1.29, 1.82) is 0 Å². The van der Waals surface area contributed by atoms with Crippen LogP contribution in [0.1, 0.15) is 18.9 Å². The van der Waals surface area contributed by atoms with E-state index in [1.165, 1.54) is 16.4 Å². The van der Waals surface area contributed by atoms with Crippen molar-refractivity contribution in [3.8, 4) is 0 Å². The van der Waals surface area contributed by atoms with Gasteiger partial charge in [-0.05, 0) is 48.4 Å². The molecule has 0 unspecified atom stereocenters. The molecular weight excluding hydrogens is 473 g/mol. The van der Waals surface area contributed by atoms with Gasteiger partial charge in [-0.3, -0.25) is 4.79 Å². The summed E-state index contributed by atoms with van der Waals surface area (Å²) in [5.41, 5.74) is 2.26. The van der Waals surface area contributed by atoms with Crippen molar-refractivity contribution in [3.05, 3.63) is 52.3 Å². The van der Waals surface area contributed by atoms with Crippen molar-refractivity contribution >= 4 is 43.2 Å². The van der Waals surface area contributed by atoms with Crippen LogP contribution in [0.3, 0.4) is 0 Å². The zero-order valence-corrected chi connectivity index (χ0v) is 19.0. The fourth-order valence-electron chi connectivity index (χ4n) is 4.08. The van der Waals surface area contributed by atoms with Crippen LogP contribution in [0.4, 0.5) is 15.8 Å². The molecule has 0 spiro atoms. The number of fused-ring (bicyclic) bond motifs is 1. The third-order valence-corrected chi connectivity index (χ3v) is 8.01. The Labute approximate surface area is 184 Å². The Balaban J connectivity index is 1.61. The highest BCUT2D eigenvalue weighted by Gasteiger charge is 2.36. The molecule has 2 aliphatic rings. The van der Waals surface area contributed by atoms with Crippen molar-refractivity contribution < 1.29 is 17.6 Å². The summed E-state index contributed by atoms with van der Waals surface area (Å²) in [4.78, 5) is 16.2. The summed E-state index contributed by atoms with van der Waals surface area (Å²) in [5.74, 6) is -0.372. The lowest BCUT2D eigenvalue weighted by Crippen LogP contribution is -2.49. The van der Waals surface area contributed by atoms with Gasteiger partial charge in [-0.25, -0.2) is 12.8 Å². The Morgan fingerprint density at radius 1 is 1.07 bits per heavy atom. The zero-order valence-electron chi connectivity index (χ0n) is 16.6. The Morgan fingerprint density at radius 3 is 2.37 bits per heavy atom. The SMILES string of the molecule is CCC(=O)N1CCc2cc(Br)cc(S(=O)(=O)N3CCN(c4ccc(F)cc4)CC3)c21. The number of carbonyl (C=O) groups is 1. The maximum Gasteiger partial charge on any atom is 0.245 e. The van der Waals surface area contributed by atoms with Gasteiger partial charge >= 0.3 is 0 Å². The van der Waals surface area contributed by atoms with Crippen LogP contribution < -0.4 is 9.80 Å². The van der Waals surface area contributed by atoms with Gasteiger partial charge in [0.15, 0.2) is 0 Å². The molecule has 0 atom stereocenters. The number of sulfonamides is 1. The fraction of sp³-hybridized carbons (Fsp3) is 0.381. The summed E-state index contributed by atoms with van der Waals surface area (Å²) in [6.45, 7) is 3.95. The number of amides is 1. The van der Waals surface area contributed by atoms with Crippen LogP contribution in [-0.2, 0) is 21.2 Å². The molecule has 0 N–H and O–H groups in total. The lowest BCUT2D eigenvalue weighted by atomic mass is 10.2. The number of nitrogens with zero attached hydrogens (tertiary/aromatic N) is 3. The monoisotopic (exact) mass is 495 g/mol. The molecule has 0 saturated carbocycles. The molecule has 0 bridgehead atoms. The number of piperazine rings is 1. The van der Waals surface area contributed by atoms with Crippen LogP contribution in [0, 0.1) is 5.82 Å². The first kappa shape index (κ1) is 21.3. The second kappa shape index (κ2) is 8.28. The smallest absolute Gasteiger partial charge is 0.245 e. The highest BCUT2D eigenvalue weighted by molar-refractivity contribution is 9.10. The van der Waals surface area contributed by atoms with Gasteiger partial charge < -0.3 is 9.80 Å². The maximum atomic E-state index is 13.5. The minimum Gasteiger partial charge on any atom is -0.369 e. The van der Waals surface area contributed by atoms with Gasteiger partial charge in [0.2, 0.25) is 15.9 Å². The average molecular weight is 496 g/mol. The van der Waals surface area contributed by atoms with Crippen molar-refractivity contribution in [3.63, 3.8) is 0 Å². The van der Waals surface area contributed by atoms with Crippen molar-refractivity contribution in [2.75, 3.05) is 42.5 Å². The van der Waals surface area contributed by atoms with E-state index >= 15 is 0 Å². The van der Waals surface area contributed by atoms with E-state index in [1.54, 1.807) is 30.0 Å². The topological polar surface area (TPSA) is 60.9 Å². The molecular formula is C21H23BrFN3O3S. The Kier molecular flexibility index (Phi) is 5.87. The highest BCUT2D eigenvalue weighted by Crippen LogP contribution is 2.39. The van der Waals surface area contributed by atoms with Crippen LogP contribution in [0.25, 0.3) is 0 Å². The third-order valence-electron chi connectivity index (χ3n) is 5.65. The molecule has 0 radical (unpaired) electrons. The number of halogens is 2. The van der Waals surface area contributed by atoms with Crippen LogP contribution in [-0.4, -0.2) is 51.4 Å². The molecule has 4 rings (SSSR count). The molecule has 9 heteroatoms. The van der Waals surface area contributed by atoms with Crippen LogP contribution >= 0.6 is 15.9 Å². The van der Waals surface area contributed by atoms with Crippen molar-refractivity contribution in [2.24, 2.45) is 0 Å². The quantitative estimate of drug-likeness (QED) is 0.651. The molecule has 0 aromatic heterocycles. The average Bonchev–Trinajstić information content (AvgIpc) is 3.17. The van der Waals surface area contributed by atoms with Gasteiger partial charge in [0.1, 0.15) is 10.7 Å². The van der Waals surface area contributed by atoms with E-state index in [1.807, 2.05) is 11.0 Å². The predicted molar refractivity (Wildman–Crippen MR) is 118 cm³/mol. The van der Waals surface area contributed by atoms with Crippen molar-refractivity contribution in [2.45, 2.75) is 24.7 Å². The lowest BCUT2D eigenvalue weighted by Gasteiger charge is -2.36. The molecule has 0 aliphatic carbocycles. The van der Waals surface area contributed by atoms with E-state index in [4.69, 9.17) is 0 Å². The first-order chi connectivity index (χ1) is 14.3. The minimum atomic E-state index is -3.77. The van der Waals surface area contributed by atoms with E-state index in [2.05, 4.69) is 15.9 Å². The Bertz CT molecular complexity index is 1070. The van der Waals surface area contributed by atoms with E-state index < -0.39 is 10.0 Å². The standard InChI is InChI=1S/C21H23BrFN3O3S/c1-2-20(27)26-8-7-15-13-16(22)14-19(21(15)26)30(28,29)25-11-9-24(10-12-25)18-5-3-17(23)4-6-18/h3-6,13-14H,2,7-12H2,1H3. The van der Waals surface area contributed by atoms with Gasteiger partial charge in [0.25, 0.3) is 0 Å². The summed E-state index contributed by atoms with van der Waals surface area (Å²) < 4.78 is 42.4. The number of hydrogen-bond donors (Lipinski definition) is 0. The zero-order chi connectivity index (χ0) is 21.5. The molecule has 1 saturated heterocycles. The number of rotatable bonds is 4. The highest BCUT2D eigenvalue weighted by atomic mass is 79.9. The molecule has 2 aromatic rings. The van der Waals surface area contributed by atoms with Crippen molar-refractivity contribution in [1.82, 2.24) is 4.31 Å². The van der Waals surface area contributed by atoms with Crippen LogP contribution in [0.5, 0.6) is 0 Å². The summed E-state index contributed by atoms with van der Waals surface area (Å²) in [6, 6.07) is 9.71. The fourth-order valence-corrected chi connectivity index (χ4v) is 6.42. The molecule has 2 aromatic carbocycles. The Hall–Kier alpha value is -1.97. The Morgan fingerprint density at radius 2 is 1.73 bits per heavy atom. The number of hydrogen-bond acceptors (Lipinski definition) is 4.